The Bertz CT molecular complexity index is 1180. The van der Waals surface area contributed by atoms with Gasteiger partial charge in [0, 0.05) is 19.3 Å². The van der Waals surface area contributed by atoms with Crippen molar-refractivity contribution in [2.24, 2.45) is 0 Å². The molecule has 6 nitrogen and oxygen atoms in total. The predicted molar refractivity (Wildman–Crippen MR) is 316 cm³/mol. The van der Waals surface area contributed by atoms with Crippen LogP contribution in [0.1, 0.15) is 367 Å². The summed E-state index contributed by atoms with van der Waals surface area (Å²) >= 11 is 0. The van der Waals surface area contributed by atoms with E-state index in [2.05, 4.69) is 45.1 Å². The van der Waals surface area contributed by atoms with Gasteiger partial charge in [-0.05, 0) is 51.4 Å². The van der Waals surface area contributed by atoms with E-state index in [1.54, 1.807) is 0 Å². The van der Waals surface area contributed by atoms with Crippen LogP contribution >= 0.6 is 0 Å². The summed E-state index contributed by atoms with van der Waals surface area (Å²) in [6.45, 7) is 6.68. The third-order valence-corrected chi connectivity index (χ3v) is 15.0. The van der Waals surface area contributed by atoms with Gasteiger partial charge in [-0.15, -0.1) is 0 Å². The molecule has 0 aliphatic carbocycles. The van der Waals surface area contributed by atoms with Gasteiger partial charge in [0.15, 0.2) is 6.10 Å². The summed E-state index contributed by atoms with van der Waals surface area (Å²) in [7, 11) is 0. The molecule has 0 aromatic carbocycles. The summed E-state index contributed by atoms with van der Waals surface area (Å²) in [5.41, 5.74) is 0. The molecule has 6 heteroatoms. The van der Waals surface area contributed by atoms with Crippen LogP contribution in [0.25, 0.3) is 0 Å². The zero-order valence-corrected chi connectivity index (χ0v) is 49.4. The smallest absolute Gasteiger partial charge is 0.306 e. The largest absolute Gasteiger partial charge is 0.462 e. The standard InChI is InChI=1S/C67H126O6/c1-4-7-10-13-16-19-22-24-26-28-29-30-31-32-33-34-35-36-37-38-39-40-42-43-45-48-51-54-57-60-66(69)72-63-64(62-71-65(68)59-56-53-50-47-21-18-15-12-9-6-3)73-67(70)61-58-55-52-49-46-44-41-27-25-23-20-17-14-11-8-5-2/h22,24,28-29,64H,4-21,23,25-27,30-63H2,1-3H3/b24-22-,29-28-. The fraction of sp³-hybridized carbons (Fsp3) is 0.896. The summed E-state index contributed by atoms with van der Waals surface area (Å²) in [5, 5.41) is 0. The number of esters is 3. The zero-order valence-electron chi connectivity index (χ0n) is 49.4. The molecule has 0 fully saturated rings. The van der Waals surface area contributed by atoms with Crippen LogP contribution in [0.5, 0.6) is 0 Å². The van der Waals surface area contributed by atoms with E-state index in [4.69, 9.17) is 14.2 Å². The van der Waals surface area contributed by atoms with Gasteiger partial charge in [-0.25, -0.2) is 0 Å². The van der Waals surface area contributed by atoms with Crippen LogP contribution in [0.15, 0.2) is 24.3 Å². The number of rotatable bonds is 61. The number of allylic oxidation sites excluding steroid dienone is 4. The maximum atomic E-state index is 12.9. The molecule has 0 aliphatic heterocycles. The minimum atomic E-state index is -0.764. The SMILES string of the molecule is CCCCCCC/C=C\C/C=C\CCCCCCCCCCCCCCCCCCCC(=O)OCC(COC(=O)CCCCCCCCCCCC)OC(=O)CCCCCCCCCCCCCCCCCC. The maximum Gasteiger partial charge on any atom is 0.306 e. The van der Waals surface area contributed by atoms with Crippen molar-refractivity contribution in [1.29, 1.82) is 0 Å². The fourth-order valence-electron chi connectivity index (χ4n) is 10.0. The Kier molecular flexibility index (Phi) is 60.6. The molecule has 0 heterocycles. The molecule has 0 N–H and O–H groups in total. The van der Waals surface area contributed by atoms with Crippen LogP contribution in [0.4, 0.5) is 0 Å². The number of unbranched alkanes of at least 4 members (excludes halogenated alkanes) is 46. The van der Waals surface area contributed by atoms with Crippen molar-refractivity contribution < 1.29 is 28.6 Å². The molecular formula is C67H126O6. The summed E-state index contributed by atoms with van der Waals surface area (Å²) in [4.78, 5) is 38.2. The topological polar surface area (TPSA) is 78.9 Å². The Hall–Kier alpha value is -2.11. The van der Waals surface area contributed by atoms with Gasteiger partial charge in [0.1, 0.15) is 13.2 Å². The second kappa shape index (κ2) is 62.4. The monoisotopic (exact) mass is 1030 g/mol. The van der Waals surface area contributed by atoms with Crippen molar-refractivity contribution >= 4 is 17.9 Å². The van der Waals surface area contributed by atoms with Crippen molar-refractivity contribution in [3.8, 4) is 0 Å². The lowest BCUT2D eigenvalue weighted by Gasteiger charge is -2.18. The fourth-order valence-corrected chi connectivity index (χ4v) is 10.0. The third kappa shape index (κ3) is 60.6. The van der Waals surface area contributed by atoms with E-state index in [0.29, 0.717) is 19.3 Å². The highest BCUT2D eigenvalue weighted by Crippen LogP contribution is 2.18. The molecule has 0 radical (unpaired) electrons. The number of carbonyl (C=O) groups is 3. The van der Waals surface area contributed by atoms with Gasteiger partial charge in [-0.2, -0.15) is 0 Å². The van der Waals surface area contributed by atoms with E-state index in [9.17, 15) is 14.4 Å². The Morgan fingerprint density at radius 3 is 0.753 bits per heavy atom. The summed E-state index contributed by atoms with van der Waals surface area (Å²) in [5.74, 6) is -0.838. The lowest BCUT2D eigenvalue weighted by atomic mass is 10.0. The molecule has 0 saturated carbocycles. The van der Waals surface area contributed by atoms with E-state index in [1.807, 2.05) is 0 Å². The van der Waals surface area contributed by atoms with Gasteiger partial charge in [0.2, 0.25) is 0 Å². The third-order valence-electron chi connectivity index (χ3n) is 15.0. The van der Waals surface area contributed by atoms with Crippen LogP contribution in [0, 0.1) is 0 Å². The first-order chi connectivity index (χ1) is 36.0. The molecule has 0 amide bonds. The highest BCUT2D eigenvalue weighted by molar-refractivity contribution is 5.71. The van der Waals surface area contributed by atoms with Gasteiger partial charge in [0.25, 0.3) is 0 Å². The average Bonchev–Trinajstić information content (AvgIpc) is 3.39. The quantitative estimate of drug-likeness (QED) is 0.0261. The normalized spacial score (nSPS) is 12.1. The highest BCUT2D eigenvalue weighted by atomic mass is 16.6. The average molecular weight is 1030 g/mol. The van der Waals surface area contributed by atoms with Gasteiger partial charge >= 0.3 is 17.9 Å². The van der Waals surface area contributed by atoms with Crippen molar-refractivity contribution in [3.05, 3.63) is 24.3 Å². The Morgan fingerprint density at radius 1 is 0.274 bits per heavy atom. The maximum absolute atomic E-state index is 12.9. The number of carbonyl (C=O) groups excluding carboxylic acids is 3. The van der Waals surface area contributed by atoms with E-state index in [0.717, 1.165) is 64.2 Å². The van der Waals surface area contributed by atoms with E-state index in [-0.39, 0.29) is 31.1 Å². The Labute approximate surface area is 455 Å². The van der Waals surface area contributed by atoms with Crippen LogP contribution in [0.3, 0.4) is 0 Å². The molecule has 0 aromatic heterocycles. The van der Waals surface area contributed by atoms with Crippen molar-refractivity contribution in [3.63, 3.8) is 0 Å². The molecule has 0 spiro atoms. The van der Waals surface area contributed by atoms with E-state index < -0.39 is 6.10 Å². The summed E-state index contributed by atoms with van der Waals surface area (Å²) < 4.78 is 16.9. The number of ether oxygens (including phenoxy) is 3. The first-order valence-corrected chi connectivity index (χ1v) is 32.8. The van der Waals surface area contributed by atoms with Crippen LogP contribution in [-0.4, -0.2) is 37.2 Å². The second-order valence-electron chi connectivity index (χ2n) is 22.4. The minimum Gasteiger partial charge on any atom is -0.462 e. The van der Waals surface area contributed by atoms with Crippen LogP contribution < -0.4 is 0 Å². The van der Waals surface area contributed by atoms with Crippen LogP contribution in [0.2, 0.25) is 0 Å². The first-order valence-electron chi connectivity index (χ1n) is 32.8. The Balaban J connectivity index is 4.10. The minimum absolute atomic E-state index is 0.0641. The lowest BCUT2D eigenvalue weighted by molar-refractivity contribution is -0.167. The predicted octanol–water partition coefficient (Wildman–Crippen LogP) is 22.2. The molecule has 1 atom stereocenters. The molecule has 73 heavy (non-hydrogen) atoms. The molecule has 0 aliphatic rings. The molecule has 0 rings (SSSR count). The van der Waals surface area contributed by atoms with Crippen molar-refractivity contribution in [2.45, 2.75) is 374 Å². The van der Waals surface area contributed by atoms with E-state index in [1.165, 1.54) is 263 Å². The molecule has 0 aromatic rings. The van der Waals surface area contributed by atoms with E-state index >= 15 is 0 Å². The molecular weight excluding hydrogens is 901 g/mol. The van der Waals surface area contributed by atoms with Crippen molar-refractivity contribution in [2.75, 3.05) is 13.2 Å². The number of hydrogen-bond acceptors (Lipinski definition) is 6. The second-order valence-corrected chi connectivity index (χ2v) is 22.4. The molecule has 0 bridgehead atoms. The van der Waals surface area contributed by atoms with Crippen molar-refractivity contribution in [1.82, 2.24) is 0 Å². The van der Waals surface area contributed by atoms with Gasteiger partial charge in [0.05, 0.1) is 0 Å². The molecule has 430 valence electrons. The lowest BCUT2D eigenvalue weighted by Crippen LogP contribution is -2.30. The summed E-state index contributed by atoms with van der Waals surface area (Å²) in [6, 6.07) is 0. The zero-order chi connectivity index (χ0) is 52.9. The molecule has 0 saturated heterocycles. The van der Waals surface area contributed by atoms with Gasteiger partial charge in [-0.3, -0.25) is 14.4 Å². The Morgan fingerprint density at radius 2 is 0.493 bits per heavy atom. The highest BCUT2D eigenvalue weighted by Gasteiger charge is 2.19. The molecule has 1 unspecified atom stereocenters. The summed E-state index contributed by atoms with van der Waals surface area (Å²) in [6.07, 6.45) is 74.9. The number of hydrogen-bond donors (Lipinski definition) is 0. The first kappa shape index (κ1) is 70.9. The van der Waals surface area contributed by atoms with Gasteiger partial charge in [-0.1, -0.05) is 321 Å². The van der Waals surface area contributed by atoms with Crippen LogP contribution in [-0.2, 0) is 28.6 Å². The van der Waals surface area contributed by atoms with Gasteiger partial charge < -0.3 is 14.2 Å².